The maximum atomic E-state index is 11.1. The van der Waals surface area contributed by atoms with Crippen LogP contribution >= 0.6 is 0 Å². The zero-order valence-electron chi connectivity index (χ0n) is 22.8. The Balaban J connectivity index is 1.18. The lowest BCUT2D eigenvalue weighted by Gasteiger charge is -2.07. The van der Waals surface area contributed by atoms with E-state index in [1.54, 1.807) is 36.9 Å². The van der Waals surface area contributed by atoms with Crippen molar-refractivity contribution in [2.24, 2.45) is 9.98 Å². The number of para-hydroxylation sites is 2. The van der Waals surface area contributed by atoms with Crippen molar-refractivity contribution >= 4 is 57.2 Å². The third-order valence-electron chi connectivity index (χ3n) is 6.98. The summed E-state index contributed by atoms with van der Waals surface area (Å²) >= 11 is 0. The minimum Gasteiger partial charge on any atom is -0.502 e. The summed E-state index contributed by atoms with van der Waals surface area (Å²) in [6.45, 7) is 1.16. The summed E-state index contributed by atoms with van der Waals surface area (Å²) in [5.41, 5.74) is 4.05. The molecule has 2 N–H and O–H groups in total. The fourth-order valence-electron chi connectivity index (χ4n) is 4.72. The van der Waals surface area contributed by atoms with Crippen molar-refractivity contribution in [1.82, 2.24) is 19.1 Å². The molecule has 6 aromatic rings. The van der Waals surface area contributed by atoms with E-state index in [2.05, 4.69) is 20.0 Å². The number of hydrogen-bond acceptors (Lipinski definition) is 10. The van der Waals surface area contributed by atoms with E-state index in [4.69, 9.17) is 0 Å². The maximum absolute atomic E-state index is 11.1. The lowest BCUT2D eigenvalue weighted by molar-refractivity contribution is -0.386. The first-order chi connectivity index (χ1) is 21.3. The standard InChI is InChI=1S/C30H22N8O6/c39-29-19(3-1-5-26(29)37(41)42)15-31-21-8-10-25-24(13-21)34-18-35(25)11-12-36-17-33-23-9-7-22(14-28(23)36)32-16-20-4-2-6-27(30(20)40)38(43)44/h1-10,13-18,39-40H,11-12H2. The molecule has 218 valence electrons. The van der Waals surface area contributed by atoms with E-state index in [-0.39, 0.29) is 16.8 Å². The van der Waals surface area contributed by atoms with Crippen LogP contribution in [0.2, 0.25) is 0 Å². The molecule has 0 aliphatic rings. The zero-order valence-corrected chi connectivity index (χ0v) is 22.8. The van der Waals surface area contributed by atoms with E-state index in [0.29, 0.717) is 30.0 Å². The van der Waals surface area contributed by atoms with E-state index in [0.717, 1.165) is 16.6 Å². The number of nitrogens with zero attached hydrogens (tertiary/aromatic N) is 8. The lowest BCUT2D eigenvalue weighted by Crippen LogP contribution is -2.05. The van der Waals surface area contributed by atoms with Crippen LogP contribution in [0.5, 0.6) is 11.5 Å². The second-order valence-corrected chi connectivity index (χ2v) is 9.68. The molecule has 0 aliphatic carbocycles. The smallest absolute Gasteiger partial charge is 0.311 e. The average Bonchev–Trinajstić information content (AvgIpc) is 3.61. The van der Waals surface area contributed by atoms with Gasteiger partial charge in [-0.15, -0.1) is 0 Å². The molecule has 0 amide bonds. The van der Waals surface area contributed by atoms with Crippen LogP contribution in [-0.2, 0) is 13.1 Å². The third kappa shape index (κ3) is 5.42. The Labute approximate surface area is 247 Å². The molecule has 0 spiro atoms. The summed E-state index contributed by atoms with van der Waals surface area (Å²) in [6.07, 6.45) is 6.21. The van der Waals surface area contributed by atoms with Crippen molar-refractivity contribution in [1.29, 1.82) is 0 Å². The Hall–Kier alpha value is -6.44. The second kappa shape index (κ2) is 11.4. The summed E-state index contributed by atoms with van der Waals surface area (Å²) in [7, 11) is 0. The van der Waals surface area contributed by atoms with E-state index in [1.165, 1.54) is 42.8 Å². The predicted octanol–water partition coefficient (Wildman–Crippen LogP) is 5.82. The monoisotopic (exact) mass is 590 g/mol. The van der Waals surface area contributed by atoms with Crippen molar-refractivity contribution in [3.63, 3.8) is 0 Å². The normalized spacial score (nSPS) is 11.7. The summed E-state index contributed by atoms with van der Waals surface area (Å²) in [5, 5.41) is 42.5. The minimum atomic E-state index is -0.652. The number of benzene rings is 4. The Morgan fingerprint density at radius 2 is 1.20 bits per heavy atom. The molecule has 4 aromatic carbocycles. The van der Waals surface area contributed by atoms with Gasteiger partial charge in [-0.05, 0) is 48.5 Å². The minimum absolute atomic E-state index is 0.230. The van der Waals surface area contributed by atoms with Crippen LogP contribution in [0.3, 0.4) is 0 Å². The summed E-state index contributed by atoms with van der Waals surface area (Å²) in [4.78, 5) is 38.6. The highest BCUT2D eigenvalue weighted by Gasteiger charge is 2.16. The van der Waals surface area contributed by atoms with Gasteiger partial charge in [0.05, 0.1) is 55.9 Å². The van der Waals surface area contributed by atoms with E-state index in [1.807, 2.05) is 27.3 Å². The van der Waals surface area contributed by atoms with Gasteiger partial charge in [0.15, 0.2) is 0 Å². The number of rotatable bonds is 9. The molecule has 2 heterocycles. The number of aryl methyl sites for hydroxylation is 2. The fraction of sp³-hybridized carbons (Fsp3) is 0.0667. The first-order valence-corrected chi connectivity index (χ1v) is 13.2. The number of nitro groups is 2. The van der Waals surface area contributed by atoms with Gasteiger partial charge in [-0.3, -0.25) is 30.2 Å². The van der Waals surface area contributed by atoms with Crippen molar-refractivity contribution in [2.75, 3.05) is 0 Å². The molecule has 0 unspecified atom stereocenters. The molecular weight excluding hydrogens is 568 g/mol. The number of nitro benzene ring substituents is 2. The molecule has 14 nitrogen and oxygen atoms in total. The number of phenols is 2. The molecule has 2 aromatic heterocycles. The van der Waals surface area contributed by atoms with E-state index in [9.17, 15) is 30.4 Å². The van der Waals surface area contributed by atoms with Gasteiger partial charge in [0.1, 0.15) is 0 Å². The highest BCUT2D eigenvalue weighted by molar-refractivity contribution is 5.89. The molecule has 0 bridgehead atoms. The van der Waals surface area contributed by atoms with Gasteiger partial charge in [0.2, 0.25) is 11.5 Å². The number of aromatic nitrogens is 4. The summed E-state index contributed by atoms with van der Waals surface area (Å²) in [6, 6.07) is 19.4. The molecular formula is C30H22N8O6. The van der Waals surface area contributed by atoms with Gasteiger partial charge in [-0.2, -0.15) is 0 Å². The fourth-order valence-corrected chi connectivity index (χ4v) is 4.72. The van der Waals surface area contributed by atoms with Crippen molar-refractivity contribution in [2.45, 2.75) is 13.1 Å². The van der Waals surface area contributed by atoms with Crippen LogP contribution < -0.4 is 0 Å². The number of fused-ring (bicyclic) bond motifs is 2. The van der Waals surface area contributed by atoms with Gasteiger partial charge >= 0.3 is 11.4 Å². The lowest BCUT2D eigenvalue weighted by atomic mass is 10.2. The Morgan fingerprint density at radius 3 is 1.80 bits per heavy atom. The van der Waals surface area contributed by atoms with Crippen LogP contribution in [-0.4, -0.2) is 51.6 Å². The molecule has 0 saturated carbocycles. The third-order valence-corrected chi connectivity index (χ3v) is 6.98. The largest absolute Gasteiger partial charge is 0.502 e. The first kappa shape index (κ1) is 27.7. The summed E-state index contributed by atoms with van der Waals surface area (Å²) < 4.78 is 3.98. The van der Waals surface area contributed by atoms with Gasteiger partial charge in [-0.25, -0.2) is 9.97 Å². The Kier molecular flexibility index (Phi) is 7.21. The Bertz CT molecular complexity index is 2130. The van der Waals surface area contributed by atoms with Gasteiger partial charge < -0.3 is 19.3 Å². The number of phenolic OH excluding ortho intramolecular Hbond substituents is 2. The molecule has 0 fully saturated rings. The van der Waals surface area contributed by atoms with Crippen LogP contribution in [0.15, 0.2) is 95.4 Å². The predicted molar refractivity (Wildman–Crippen MR) is 163 cm³/mol. The highest BCUT2D eigenvalue weighted by Crippen LogP contribution is 2.30. The van der Waals surface area contributed by atoms with Crippen LogP contribution in [0, 0.1) is 20.2 Å². The molecule has 6 rings (SSSR count). The Morgan fingerprint density at radius 1 is 0.682 bits per heavy atom. The topological polar surface area (TPSA) is 187 Å². The van der Waals surface area contributed by atoms with E-state index >= 15 is 0 Å². The number of aromatic hydroxyl groups is 2. The summed E-state index contributed by atoms with van der Waals surface area (Å²) in [5.74, 6) is -0.889. The van der Waals surface area contributed by atoms with Gasteiger partial charge in [0, 0.05) is 48.8 Å². The number of aliphatic imine (C=N–C) groups is 2. The van der Waals surface area contributed by atoms with Crippen molar-refractivity contribution in [3.05, 3.63) is 117 Å². The molecule has 14 heteroatoms. The van der Waals surface area contributed by atoms with E-state index < -0.39 is 27.0 Å². The molecule has 0 atom stereocenters. The van der Waals surface area contributed by atoms with Crippen LogP contribution in [0.4, 0.5) is 22.7 Å². The van der Waals surface area contributed by atoms with Crippen molar-refractivity contribution < 1.29 is 20.1 Å². The molecule has 44 heavy (non-hydrogen) atoms. The molecule has 0 radical (unpaired) electrons. The van der Waals surface area contributed by atoms with Crippen LogP contribution in [0.1, 0.15) is 11.1 Å². The number of hydrogen-bond donors (Lipinski definition) is 2. The molecule has 0 saturated heterocycles. The number of imidazole rings is 2. The van der Waals surface area contributed by atoms with Crippen molar-refractivity contribution in [3.8, 4) is 11.5 Å². The maximum Gasteiger partial charge on any atom is 0.311 e. The average molecular weight is 591 g/mol. The van der Waals surface area contributed by atoms with Gasteiger partial charge in [0.25, 0.3) is 0 Å². The SMILES string of the molecule is O=[N+]([O-])c1cccc(C=Nc2ccc3c(c2)ncn3CCn2cnc3ccc(N=Cc4cccc([N+](=O)[O-])c4O)cc32)c1O. The van der Waals surface area contributed by atoms with Gasteiger partial charge in [-0.1, -0.05) is 12.1 Å². The second-order valence-electron chi connectivity index (χ2n) is 9.68. The first-order valence-electron chi connectivity index (χ1n) is 13.2. The van der Waals surface area contributed by atoms with Crippen LogP contribution in [0.25, 0.3) is 22.1 Å². The quantitative estimate of drug-likeness (QED) is 0.120. The molecule has 0 aliphatic heterocycles. The highest BCUT2D eigenvalue weighted by atomic mass is 16.6. The zero-order chi connectivity index (χ0) is 30.8.